The third-order valence-corrected chi connectivity index (χ3v) is 5.05. The van der Waals surface area contributed by atoms with E-state index in [1.807, 2.05) is 0 Å². The Balaban J connectivity index is 1.58. The number of halogens is 2. The third-order valence-electron chi connectivity index (χ3n) is 4.56. The number of hydrogen-bond donors (Lipinski definition) is 1. The molecule has 2 aromatic heterocycles. The molecule has 4 rings (SSSR count). The Kier molecular flexibility index (Phi) is 5.39. The van der Waals surface area contributed by atoms with Crippen molar-refractivity contribution < 1.29 is 13.9 Å². The van der Waals surface area contributed by atoms with Gasteiger partial charge in [-0.05, 0) is 30.3 Å². The zero-order valence-electron chi connectivity index (χ0n) is 15.3. The van der Waals surface area contributed by atoms with E-state index in [-0.39, 0.29) is 17.7 Å². The molecule has 0 unspecified atom stereocenters. The van der Waals surface area contributed by atoms with E-state index in [2.05, 4.69) is 42.8 Å². The summed E-state index contributed by atoms with van der Waals surface area (Å²) in [5, 5.41) is 2.96. The van der Waals surface area contributed by atoms with Crippen molar-refractivity contribution in [1.29, 1.82) is 0 Å². The fraction of sp³-hybridized carbons (Fsp3) is 0.200. The van der Waals surface area contributed by atoms with Crippen molar-refractivity contribution in [3.05, 3.63) is 59.6 Å². The lowest BCUT2D eigenvalue weighted by molar-refractivity contribution is -0.125. The molecule has 1 atom stereocenters. The van der Waals surface area contributed by atoms with E-state index in [0.29, 0.717) is 46.7 Å². The molecule has 0 bridgehead atoms. The van der Waals surface area contributed by atoms with Gasteiger partial charge in [0, 0.05) is 23.5 Å². The summed E-state index contributed by atoms with van der Waals surface area (Å²) >= 11 is 3.24. The van der Waals surface area contributed by atoms with Crippen molar-refractivity contribution in [3.63, 3.8) is 0 Å². The maximum atomic E-state index is 14.2. The van der Waals surface area contributed by atoms with E-state index in [1.165, 1.54) is 18.5 Å². The highest BCUT2D eigenvalue weighted by Crippen LogP contribution is 2.27. The number of benzene rings is 1. The average Bonchev–Trinajstić information content (AvgIpc) is 3.18. The zero-order valence-corrected chi connectivity index (χ0v) is 16.9. The fourth-order valence-electron chi connectivity index (χ4n) is 3.12. The number of hydrogen-bond acceptors (Lipinski definition) is 6. The van der Waals surface area contributed by atoms with Gasteiger partial charge in [0.05, 0.1) is 17.7 Å². The largest absolute Gasteiger partial charge is 0.472 e. The minimum Gasteiger partial charge on any atom is -0.472 e. The van der Waals surface area contributed by atoms with E-state index >= 15 is 0 Å². The van der Waals surface area contributed by atoms with Crippen molar-refractivity contribution in [1.82, 2.24) is 19.9 Å². The molecule has 1 N–H and O–H groups in total. The van der Waals surface area contributed by atoms with Crippen LogP contribution in [-0.2, 0) is 4.79 Å². The highest BCUT2D eigenvalue weighted by Gasteiger charge is 2.26. The summed E-state index contributed by atoms with van der Waals surface area (Å²) in [6.45, 7) is 4.60. The second-order valence-corrected chi connectivity index (χ2v) is 7.42. The topological polar surface area (TPSA) is 80.2 Å². The van der Waals surface area contributed by atoms with Gasteiger partial charge in [-0.15, -0.1) is 0 Å². The molecule has 148 valence electrons. The van der Waals surface area contributed by atoms with Gasteiger partial charge in [0.2, 0.25) is 11.8 Å². The Bertz CT molecular complexity index is 1090. The molecule has 7 nitrogen and oxygen atoms in total. The van der Waals surface area contributed by atoms with Gasteiger partial charge < -0.3 is 15.0 Å². The number of carbonyl (C=O) groups excluding carboxylic acids is 1. The lowest BCUT2D eigenvalue weighted by atomic mass is 10.3. The zero-order chi connectivity index (χ0) is 20.4. The summed E-state index contributed by atoms with van der Waals surface area (Å²) in [7, 11) is 0. The van der Waals surface area contributed by atoms with E-state index in [4.69, 9.17) is 4.74 Å². The standard InChI is InChI=1S/C20H17BrFN5O2/c1-2-18(28)27-8-7-13(10-27)29-17-6-5-16-19(26-17)20(24-11-23-16)25-15-4-3-12(21)9-14(15)22/h2-6,9,11,13H,1,7-8,10H2,(H,23,24,25)/t13-/m0/s1. The molecule has 29 heavy (non-hydrogen) atoms. The number of ether oxygens (including phenoxy) is 1. The summed E-state index contributed by atoms with van der Waals surface area (Å²) in [5.41, 5.74) is 1.34. The van der Waals surface area contributed by atoms with Crippen LogP contribution in [0.25, 0.3) is 11.0 Å². The van der Waals surface area contributed by atoms with Crippen molar-refractivity contribution in [3.8, 4) is 5.88 Å². The summed E-state index contributed by atoms with van der Waals surface area (Å²) in [6.07, 6.45) is 3.24. The van der Waals surface area contributed by atoms with Crippen molar-refractivity contribution in [2.75, 3.05) is 18.4 Å². The Morgan fingerprint density at radius 1 is 1.34 bits per heavy atom. The first kappa shape index (κ1) is 19.3. The lowest BCUT2D eigenvalue weighted by Gasteiger charge is -2.15. The number of fused-ring (bicyclic) bond motifs is 1. The van der Waals surface area contributed by atoms with Crippen LogP contribution >= 0.6 is 15.9 Å². The number of anilines is 2. The van der Waals surface area contributed by atoms with E-state index in [1.54, 1.807) is 29.2 Å². The number of carbonyl (C=O) groups is 1. The molecule has 1 aliphatic rings. The minimum absolute atomic E-state index is 0.112. The van der Waals surface area contributed by atoms with Crippen LogP contribution in [0.4, 0.5) is 15.9 Å². The van der Waals surface area contributed by atoms with Crippen LogP contribution in [0.1, 0.15) is 6.42 Å². The molecule has 1 aliphatic heterocycles. The quantitative estimate of drug-likeness (QED) is 0.586. The molecule has 9 heteroatoms. The van der Waals surface area contributed by atoms with Crippen molar-refractivity contribution in [2.45, 2.75) is 12.5 Å². The molecule has 1 saturated heterocycles. The van der Waals surface area contributed by atoms with Crippen LogP contribution in [0, 0.1) is 5.82 Å². The summed E-state index contributed by atoms with van der Waals surface area (Å²) < 4.78 is 20.8. The van der Waals surface area contributed by atoms with Gasteiger partial charge in [-0.1, -0.05) is 22.5 Å². The SMILES string of the molecule is C=CC(=O)N1CC[C@H](Oc2ccc3ncnc(Nc4ccc(Br)cc4F)c3n2)C1. The second kappa shape index (κ2) is 8.12. The molecular formula is C20H17BrFN5O2. The van der Waals surface area contributed by atoms with E-state index in [9.17, 15) is 9.18 Å². The van der Waals surface area contributed by atoms with Gasteiger partial charge in [-0.2, -0.15) is 0 Å². The number of nitrogens with one attached hydrogen (secondary N) is 1. The van der Waals surface area contributed by atoms with Crippen LogP contribution in [0.5, 0.6) is 5.88 Å². The van der Waals surface area contributed by atoms with Crippen LogP contribution in [0.3, 0.4) is 0 Å². The first-order chi connectivity index (χ1) is 14.0. The van der Waals surface area contributed by atoms with Crippen molar-refractivity contribution in [2.24, 2.45) is 0 Å². The Hall–Kier alpha value is -3.07. The third kappa shape index (κ3) is 4.19. The molecule has 0 saturated carbocycles. The van der Waals surface area contributed by atoms with E-state index in [0.717, 1.165) is 0 Å². The van der Waals surface area contributed by atoms with Crippen LogP contribution in [0.15, 0.2) is 53.8 Å². The first-order valence-electron chi connectivity index (χ1n) is 8.95. The number of likely N-dealkylation sites (tertiary alicyclic amines) is 1. The number of amides is 1. The lowest BCUT2D eigenvalue weighted by Crippen LogP contribution is -2.29. The molecule has 0 aliphatic carbocycles. The molecule has 1 aromatic carbocycles. The fourth-order valence-corrected chi connectivity index (χ4v) is 3.46. The molecule has 0 radical (unpaired) electrons. The number of aromatic nitrogens is 3. The van der Waals surface area contributed by atoms with Gasteiger partial charge in [0.25, 0.3) is 0 Å². The molecule has 3 aromatic rings. The predicted molar refractivity (Wildman–Crippen MR) is 111 cm³/mol. The van der Waals surface area contributed by atoms with Gasteiger partial charge in [-0.25, -0.2) is 19.3 Å². The van der Waals surface area contributed by atoms with Gasteiger partial charge >= 0.3 is 0 Å². The predicted octanol–water partition coefficient (Wildman–Crippen LogP) is 3.84. The summed E-state index contributed by atoms with van der Waals surface area (Å²) in [5.74, 6) is 0.233. The van der Waals surface area contributed by atoms with Crippen molar-refractivity contribution >= 4 is 44.4 Å². The molecule has 3 heterocycles. The van der Waals surface area contributed by atoms with Gasteiger partial charge in [0.15, 0.2) is 5.82 Å². The maximum absolute atomic E-state index is 14.2. The molecule has 1 fully saturated rings. The smallest absolute Gasteiger partial charge is 0.246 e. The number of pyridine rings is 1. The monoisotopic (exact) mass is 457 g/mol. The number of nitrogens with zero attached hydrogens (tertiary/aromatic N) is 4. The maximum Gasteiger partial charge on any atom is 0.246 e. The summed E-state index contributed by atoms with van der Waals surface area (Å²) in [4.78, 5) is 26.3. The first-order valence-corrected chi connectivity index (χ1v) is 9.74. The minimum atomic E-state index is -0.420. The van der Waals surface area contributed by atoms with E-state index < -0.39 is 5.82 Å². The van der Waals surface area contributed by atoms with Gasteiger partial charge in [-0.3, -0.25) is 4.79 Å². The molecular weight excluding hydrogens is 441 g/mol. The Labute approximate surface area is 174 Å². The average molecular weight is 458 g/mol. The Morgan fingerprint density at radius 2 is 2.21 bits per heavy atom. The normalized spacial score (nSPS) is 16.1. The second-order valence-electron chi connectivity index (χ2n) is 6.51. The summed E-state index contributed by atoms with van der Waals surface area (Å²) in [6, 6.07) is 8.19. The highest BCUT2D eigenvalue weighted by molar-refractivity contribution is 9.10. The van der Waals surface area contributed by atoms with Crippen LogP contribution in [0.2, 0.25) is 0 Å². The van der Waals surface area contributed by atoms with Crippen LogP contribution < -0.4 is 10.1 Å². The highest BCUT2D eigenvalue weighted by atomic mass is 79.9. The Morgan fingerprint density at radius 3 is 3.00 bits per heavy atom. The number of rotatable bonds is 5. The van der Waals surface area contributed by atoms with Gasteiger partial charge in [0.1, 0.15) is 23.8 Å². The molecule has 1 amide bonds. The van der Waals surface area contributed by atoms with Crippen LogP contribution in [-0.4, -0.2) is 45.0 Å². The molecule has 0 spiro atoms.